The van der Waals surface area contributed by atoms with Gasteiger partial charge in [-0.15, -0.1) is 0 Å². The Hall–Kier alpha value is -2.20. The van der Waals surface area contributed by atoms with Gasteiger partial charge in [-0.05, 0) is 30.5 Å². The van der Waals surface area contributed by atoms with Crippen LogP contribution in [0.25, 0.3) is 0 Å². The molecular weight excluding hydrogens is 348 g/mol. The van der Waals surface area contributed by atoms with E-state index in [1.165, 1.54) is 6.07 Å². The van der Waals surface area contributed by atoms with Gasteiger partial charge >= 0.3 is 0 Å². The van der Waals surface area contributed by atoms with Crippen molar-refractivity contribution in [1.82, 2.24) is 4.31 Å². The van der Waals surface area contributed by atoms with E-state index in [2.05, 4.69) is 0 Å². The molecular formula is C20H20N2O3S. The third kappa shape index (κ3) is 2.64. The molecule has 0 aliphatic carbocycles. The molecule has 0 bridgehead atoms. The summed E-state index contributed by atoms with van der Waals surface area (Å²) in [6.45, 7) is 1.79. The molecule has 0 amide bonds. The van der Waals surface area contributed by atoms with Crippen LogP contribution in [0.3, 0.4) is 0 Å². The minimum absolute atomic E-state index is 0.0883. The van der Waals surface area contributed by atoms with Crippen LogP contribution in [0.1, 0.15) is 30.0 Å². The molecule has 0 N–H and O–H groups in total. The van der Waals surface area contributed by atoms with Gasteiger partial charge in [-0.25, -0.2) is 8.42 Å². The third-order valence-corrected chi connectivity index (χ3v) is 7.41. The van der Waals surface area contributed by atoms with Gasteiger partial charge in [0.25, 0.3) is 0 Å². The maximum Gasteiger partial charge on any atom is 0.244 e. The van der Waals surface area contributed by atoms with Gasteiger partial charge < -0.3 is 4.74 Å². The van der Waals surface area contributed by atoms with Crippen LogP contribution in [-0.4, -0.2) is 32.5 Å². The average Bonchev–Trinajstić information content (AvgIpc) is 2.67. The first-order valence-electron chi connectivity index (χ1n) is 8.72. The Bertz CT molecular complexity index is 945. The van der Waals surface area contributed by atoms with Gasteiger partial charge in [-0.1, -0.05) is 42.5 Å². The maximum atomic E-state index is 13.3. The lowest BCUT2D eigenvalue weighted by Gasteiger charge is -2.58. The lowest BCUT2D eigenvalue weighted by Crippen LogP contribution is -2.62. The van der Waals surface area contributed by atoms with Crippen LogP contribution in [0.5, 0.6) is 0 Å². The summed E-state index contributed by atoms with van der Waals surface area (Å²) < 4.78 is 33.8. The summed E-state index contributed by atoms with van der Waals surface area (Å²) in [6.07, 6.45) is 1.69. The Morgan fingerprint density at radius 2 is 1.69 bits per heavy atom. The molecule has 5 nitrogen and oxygen atoms in total. The van der Waals surface area contributed by atoms with Crippen molar-refractivity contribution >= 4 is 10.0 Å². The predicted octanol–water partition coefficient (Wildman–Crippen LogP) is 3.10. The van der Waals surface area contributed by atoms with Crippen molar-refractivity contribution in [3.63, 3.8) is 0 Å². The second kappa shape index (κ2) is 6.51. The predicted molar refractivity (Wildman–Crippen MR) is 96.7 cm³/mol. The molecule has 0 radical (unpaired) electrons. The smallest absolute Gasteiger partial charge is 0.244 e. The second-order valence-electron chi connectivity index (χ2n) is 6.95. The summed E-state index contributed by atoms with van der Waals surface area (Å²) in [4.78, 5) is 0.0883. The van der Waals surface area contributed by atoms with Crippen molar-refractivity contribution in [1.29, 1.82) is 5.26 Å². The first-order chi connectivity index (χ1) is 12.6. The number of nitrogens with zero attached hydrogens (tertiary/aromatic N) is 2. The lowest BCUT2D eigenvalue weighted by molar-refractivity contribution is -0.0952. The van der Waals surface area contributed by atoms with Gasteiger partial charge in [0.05, 0.1) is 16.5 Å². The molecule has 26 heavy (non-hydrogen) atoms. The summed E-state index contributed by atoms with van der Waals surface area (Å²) in [5.74, 6) is 0. The minimum Gasteiger partial charge on any atom is -0.381 e. The molecule has 2 fully saturated rings. The molecule has 4 rings (SSSR count). The van der Waals surface area contributed by atoms with Gasteiger partial charge in [0.2, 0.25) is 10.0 Å². The Kier molecular flexibility index (Phi) is 4.31. The van der Waals surface area contributed by atoms with Crippen LogP contribution in [-0.2, 0) is 14.8 Å². The molecule has 134 valence electrons. The number of benzene rings is 2. The average molecular weight is 368 g/mol. The monoisotopic (exact) mass is 368 g/mol. The van der Waals surface area contributed by atoms with Crippen LogP contribution in [0, 0.1) is 16.7 Å². The summed E-state index contributed by atoms with van der Waals surface area (Å²) in [7, 11) is -3.75. The second-order valence-corrected chi connectivity index (χ2v) is 8.81. The van der Waals surface area contributed by atoms with E-state index in [1.54, 1.807) is 22.5 Å². The summed E-state index contributed by atoms with van der Waals surface area (Å²) >= 11 is 0. The van der Waals surface area contributed by atoms with E-state index in [-0.39, 0.29) is 21.9 Å². The largest absolute Gasteiger partial charge is 0.381 e. The van der Waals surface area contributed by atoms with Crippen LogP contribution in [0.15, 0.2) is 59.5 Å². The molecule has 1 spiro atoms. The van der Waals surface area contributed by atoms with Crippen molar-refractivity contribution in [2.24, 2.45) is 5.41 Å². The fourth-order valence-corrected chi connectivity index (χ4v) is 6.12. The van der Waals surface area contributed by atoms with Gasteiger partial charge in [0, 0.05) is 25.2 Å². The van der Waals surface area contributed by atoms with E-state index in [0.717, 1.165) is 18.4 Å². The van der Waals surface area contributed by atoms with E-state index >= 15 is 0 Å². The number of sulfonamides is 1. The maximum absolute atomic E-state index is 13.3. The van der Waals surface area contributed by atoms with E-state index in [0.29, 0.717) is 19.8 Å². The highest BCUT2D eigenvalue weighted by molar-refractivity contribution is 7.89. The van der Waals surface area contributed by atoms with Gasteiger partial charge in [0.15, 0.2) is 0 Å². The molecule has 1 unspecified atom stereocenters. The zero-order chi connectivity index (χ0) is 18.2. The molecule has 2 aromatic rings. The molecule has 0 saturated carbocycles. The zero-order valence-electron chi connectivity index (χ0n) is 14.3. The van der Waals surface area contributed by atoms with Crippen molar-refractivity contribution in [3.05, 3.63) is 65.7 Å². The lowest BCUT2D eigenvalue weighted by atomic mass is 9.65. The Labute approximate surface area is 153 Å². The number of nitriles is 1. The van der Waals surface area contributed by atoms with Crippen molar-refractivity contribution in [2.45, 2.75) is 23.8 Å². The highest BCUT2D eigenvalue weighted by Gasteiger charge is 2.58. The molecule has 2 heterocycles. The van der Waals surface area contributed by atoms with E-state index in [1.807, 2.05) is 36.4 Å². The SMILES string of the molecule is N#Cc1ccccc1S(=O)(=O)N1CC2(CCOCC2)C1c1ccccc1. The first-order valence-corrected chi connectivity index (χ1v) is 10.2. The van der Waals surface area contributed by atoms with E-state index in [9.17, 15) is 13.7 Å². The number of ether oxygens (including phenoxy) is 1. The topological polar surface area (TPSA) is 70.4 Å². The molecule has 2 aromatic carbocycles. The number of hydrogen-bond donors (Lipinski definition) is 0. The highest BCUT2D eigenvalue weighted by Crippen LogP contribution is 2.56. The normalized spacial score (nSPS) is 22.5. The molecule has 0 aromatic heterocycles. The highest BCUT2D eigenvalue weighted by atomic mass is 32.2. The van der Waals surface area contributed by atoms with Crippen molar-refractivity contribution in [3.8, 4) is 6.07 Å². The molecule has 6 heteroatoms. The van der Waals surface area contributed by atoms with Crippen molar-refractivity contribution < 1.29 is 13.2 Å². The number of rotatable bonds is 3. The summed E-state index contributed by atoms with van der Waals surface area (Å²) in [5.41, 5.74) is 1.10. The van der Waals surface area contributed by atoms with Crippen LogP contribution >= 0.6 is 0 Å². The van der Waals surface area contributed by atoms with Gasteiger partial charge in [-0.3, -0.25) is 0 Å². The molecule has 2 aliphatic rings. The van der Waals surface area contributed by atoms with E-state index < -0.39 is 10.0 Å². The molecule has 1 atom stereocenters. The molecule has 2 saturated heterocycles. The Morgan fingerprint density at radius 3 is 2.38 bits per heavy atom. The van der Waals surface area contributed by atoms with Crippen LogP contribution < -0.4 is 0 Å². The summed E-state index contributed by atoms with van der Waals surface area (Å²) in [6, 6.07) is 18.0. The molecule has 2 aliphatic heterocycles. The fraction of sp³-hybridized carbons (Fsp3) is 0.350. The van der Waals surface area contributed by atoms with Gasteiger partial charge in [0.1, 0.15) is 6.07 Å². The number of hydrogen-bond acceptors (Lipinski definition) is 4. The van der Waals surface area contributed by atoms with Crippen molar-refractivity contribution in [2.75, 3.05) is 19.8 Å². The standard InChI is InChI=1S/C20H20N2O3S/c21-14-17-8-4-5-9-18(17)26(23,24)22-15-20(10-12-25-13-11-20)19(22)16-6-2-1-3-7-16/h1-9,19H,10-13,15H2. The first kappa shape index (κ1) is 17.2. The fourth-order valence-electron chi connectivity index (χ4n) is 4.18. The minimum atomic E-state index is -3.75. The summed E-state index contributed by atoms with van der Waals surface area (Å²) in [5, 5.41) is 9.33. The van der Waals surface area contributed by atoms with E-state index in [4.69, 9.17) is 4.74 Å². The zero-order valence-corrected chi connectivity index (χ0v) is 15.2. The quantitative estimate of drug-likeness (QED) is 0.835. The van der Waals surface area contributed by atoms with Crippen LogP contribution in [0.4, 0.5) is 0 Å². The third-order valence-electron chi connectivity index (χ3n) is 5.54. The van der Waals surface area contributed by atoms with Crippen LogP contribution in [0.2, 0.25) is 0 Å². The Balaban J connectivity index is 1.77. The Morgan fingerprint density at radius 1 is 1.04 bits per heavy atom. The van der Waals surface area contributed by atoms with Gasteiger partial charge in [-0.2, -0.15) is 9.57 Å².